The molecular formula is C9H9BrClN3O3. The van der Waals surface area contributed by atoms with Gasteiger partial charge in [-0.3, -0.25) is 10.1 Å². The number of hydrogen-bond donors (Lipinski definition) is 1. The molecule has 0 unspecified atom stereocenters. The van der Waals surface area contributed by atoms with E-state index in [-0.39, 0.29) is 23.1 Å². The molecule has 0 atom stereocenters. The fourth-order valence-electron chi connectivity index (χ4n) is 1.12. The topological polar surface area (TPSA) is 90.8 Å². The van der Waals surface area contributed by atoms with Gasteiger partial charge in [-0.25, -0.2) is 4.99 Å². The van der Waals surface area contributed by atoms with Gasteiger partial charge in [-0.2, -0.15) is 0 Å². The van der Waals surface area contributed by atoms with Crippen molar-refractivity contribution >= 4 is 44.7 Å². The molecule has 0 aliphatic carbocycles. The van der Waals surface area contributed by atoms with Crippen LogP contribution < -0.4 is 10.5 Å². The number of benzene rings is 1. The highest BCUT2D eigenvalue weighted by molar-refractivity contribution is 9.10. The molecular weight excluding hydrogens is 313 g/mol. The number of nitrogens with zero attached hydrogens (tertiary/aromatic N) is 2. The van der Waals surface area contributed by atoms with Crippen LogP contribution in [0.2, 0.25) is 0 Å². The normalized spacial score (nSPS) is 11.4. The van der Waals surface area contributed by atoms with Gasteiger partial charge in [0.15, 0.2) is 5.69 Å². The molecule has 0 aliphatic rings. The molecule has 0 saturated heterocycles. The van der Waals surface area contributed by atoms with Crippen molar-refractivity contribution in [2.24, 2.45) is 10.7 Å². The van der Waals surface area contributed by atoms with Crippen LogP contribution in [0.15, 0.2) is 21.6 Å². The summed E-state index contributed by atoms with van der Waals surface area (Å²) in [5.41, 5.74) is 5.38. The van der Waals surface area contributed by atoms with E-state index in [0.29, 0.717) is 10.2 Å². The lowest BCUT2D eigenvalue weighted by Crippen LogP contribution is -2.12. The number of alkyl halides is 1. The second-order valence-corrected chi connectivity index (χ2v) is 4.00. The van der Waals surface area contributed by atoms with E-state index in [1.165, 1.54) is 19.2 Å². The maximum atomic E-state index is 10.8. The third-order valence-corrected chi connectivity index (χ3v) is 2.91. The Balaban J connectivity index is 3.45. The van der Waals surface area contributed by atoms with Crippen LogP contribution >= 0.6 is 27.5 Å². The summed E-state index contributed by atoms with van der Waals surface area (Å²) in [4.78, 5) is 14.2. The van der Waals surface area contributed by atoms with Crippen molar-refractivity contribution in [2.45, 2.75) is 0 Å². The van der Waals surface area contributed by atoms with Gasteiger partial charge in [0.2, 0.25) is 0 Å². The maximum absolute atomic E-state index is 10.8. The minimum Gasteiger partial charge on any atom is -0.495 e. The standard InChI is InChI=1S/C9H9BrClN3O3/c1-17-6-3-2-5(14(15)16)9(8(6)10)13-7(12)4-11/h2-3H,4H2,1H3,(H2,12,13). The lowest BCUT2D eigenvalue weighted by Gasteiger charge is -2.06. The Hall–Kier alpha value is -1.34. The van der Waals surface area contributed by atoms with Gasteiger partial charge in [0, 0.05) is 6.07 Å². The van der Waals surface area contributed by atoms with E-state index >= 15 is 0 Å². The summed E-state index contributed by atoms with van der Waals surface area (Å²) in [7, 11) is 1.45. The first-order valence-electron chi connectivity index (χ1n) is 4.41. The molecule has 0 saturated carbocycles. The third kappa shape index (κ3) is 3.07. The fraction of sp³-hybridized carbons (Fsp3) is 0.222. The van der Waals surface area contributed by atoms with Gasteiger partial charge in [0.1, 0.15) is 11.6 Å². The molecule has 0 aromatic heterocycles. The summed E-state index contributed by atoms with van der Waals surface area (Å²) in [5.74, 6) is 0.501. The first kappa shape index (κ1) is 13.7. The number of ether oxygens (including phenoxy) is 1. The van der Waals surface area contributed by atoms with Crippen LogP contribution in [0.25, 0.3) is 0 Å². The van der Waals surface area contributed by atoms with Crippen molar-refractivity contribution in [1.82, 2.24) is 0 Å². The van der Waals surface area contributed by atoms with Crippen LogP contribution in [0.1, 0.15) is 0 Å². The highest BCUT2D eigenvalue weighted by Crippen LogP contribution is 2.41. The Labute approximate surface area is 111 Å². The number of methoxy groups -OCH3 is 1. The number of aliphatic imine (C=N–C) groups is 1. The molecule has 0 radical (unpaired) electrons. The average Bonchev–Trinajstić information content (AvgIpc) is 2.30. The zero-order valence-corrected chi connectivity index (χ0v) is 11.2. The van der Waals surface area contributed by atoms with Gasteiger partial charge in [0.25, 0.3) is 5.69 Å². The van der Waals surface area contributed by atoms with Crippen LogP contribution in [-0.4, -0.2) is 23.7 Å². The molecule has 0 fully saturated rings. The van der Waals surface area contributed by atoms with E-state index < -0.39 is 4.92 Å². The van der Waals surface area contributed by atoms with E-state index in [2.05, 4.69) is 20.9 Å². The van der Waals surface area contributed by atoms with Crippen LogP contribution in [0.3, 0.4) is 0 Å². The molecule has 8 heteroatoms. The summed E-state index contributed by atoms with van der Waals surface area (Å²) in [6.07, 6.45) is 0. The van der Waals surface area contributed by atoms with Gasteiger partial charge in [-0.05, 0) is 22.0 Å². The largest absolute Gasteiger partial charge is 0.495 e. The summed E-state index contributed by atoms with van der Waals surface area (Å²) in [5, 5.41) is 10.8. The van der Waals surface area contributed by atoms with Crippen molar-refractivity contribution < 1.29 is 9.66 Å². The highest BCUT2D eigenvalue weighted by Gasteiger charge is 2.20. The minimum absolute atomic E-state index is 0.0131. The molecule has 0 spiro atoms. The molecule has 0 heterocycles. The lowest BCUT2D eigenvalue weighted by atomic mass is 10.2. The lowest BCUT2D eigenvalue weighted by molar-refractivity contribution is -0.384. The zero-order valence-electron chi connectivity index (χ0n) is 8.81. The summed E-state index contributed by atoms with van der Waals surface area (Å²) < 4.78 is 5.39. The smallest absolute Gasteiger partial charge is 0.296 e. The van der Waals surface area contributed by atoms with E-state index in [1.807, 2.05) is 0 Å². The highest BCUT2D eigenvalue weighted by atomic mass is 79.9. The molecule has 1 aromatic carbocycles. The molecule has 0 bridgehead atoms. The second-order valence-electron chi connectivity index (χ2n) is 2.94. The van der Waals surface area contributed by atoms with Gasteiger partial charge in [-0.1, -0.05) is 0 Å². The molecule has 0 amide bonds. The number of hydrogen-bond acceptors (Lipinski definition) is 4. The molecule has 1 rings (SSSR count). The number of nitro groups is 1. The Morgan fingerprint density at radius 2 is 2.35 bits per heavy atom. The number of nitro benzene ring substituents is 1. The van der Waals surface area contributed by atoms with Crippen molar-refractivity contribution in [3.8, 4) is 5.75 Å². The second kappa shape index (κ2) is 5.83. The minimum atomic E-state index is -0.551. The van der Waals surface area contributed by atoms with Crippen LogP contribution in [0.4, 0.5) is 11.4 Å². The van der Waals surface area contributed by atoms with Gasteiger partial charge >= 0.3 is 0 Å². The van der Waals surface area contributed by atoms with Crippen molar-refractivity contribution in [3.63, 3.8) is 0 Å². The summed E-state index contributed by atoms with van der Waals surface area (Å²) in [6.45, 7) is 0. The van der Waals surface area contributed by atoms with Crippen molar-refractivity contribution in [2.75, 3.05) is 13.0 Å². The van der Waals surface area contributed by atoms with Crippen molar-refractivity contribution in [1.29, 1.82) is 0 Å². The number of amidine groups is 1. The molecule has 0 aliphatic heterocycles. The van der Waals surface area contributed by atoms with Crippen LogP contribution in [-0.2, 0) is 0 Å². The first-order chi connectivity index (χ1) is 8.01. The quantitative estimate of drug-likeness (QED) is 0.303. The fourth-order valence-corrected chi connectivity index (χ4v) is 1.77. The Morgan fingerprint density at radius 3 is 2.82 bits per heavy atom. The summed E-state index contributed by atoms with van der Waals surface area (Å²) in [6, 6.07) is 2.77. The Bertz CT molecular complexity index is 479. The maximum Gasteiger partial charge on any atom is 0.296 e. The van der Waals surface area contributed by atoms with E-state index in [4.69, 9.17) is 22.1 Å². The molecule has 1 aromatic rings. The Morgan fingerprint density at radius 1 is 1.71 bits per heavy atom. The molecule has 2 N–H and O–H groups in total. The van der Waals surface area contributed by atoms with Crippen molar-refractivity contribution in [3.05, 3.63) is 26.7 Å². The molecule has 17 heavy (non-hydrogen) atoms. The van der Waals surface area contributed by atoms with E-state index in [9.17, 15) is 10.1 Å². The summed E-state index contributed by atoms with van der Waals surface area (Å²) >= 11 is 8.67. The third-order valence-electron chi connectivity index (χ3n) is 1.87. The number of nitrogens with two attached hydrogens (primary N) is 1. The van der Waals surface area contributed by atoms with Gasteiger partial charge in [-0.15, -0.1) is 11.6 Å². The first-order valence-corrected chi connectivity index (χ1v) is 5.74. The predicted molar refractivity (Wildman–Crippen MR) is 69.4 cm³/mol. The molecule has 92 valence electrons. The van der Waals surface area contributed by atoms with Gasteiger partial charge < -0.3 is 10.5 Å². The Kier molecular flexibility index (Phi) is 4.71. The van der Waals surface area contributed by atoms with E-state index in [1.54, 1.807) is 0 Å². The van der Waals surface area contributed by atoms with Gasteiger partial charge in [0.05, 0.1) is 22.4 Å². The zero-order chi connectivity index (χ0) is 13.0. The number of rotatable bonds is 4. The van der Waals surface area contributed by atoms with Crippen LogP contribution in [0, 0.1) is 10.1 Å². The SMILES string of the molecule is COc1ccc([N+](=O)[O-])c(N=C(N)CCl)c1Br. The predicted octanol–water partition coefficient (Wildman–Crippen LogP) is 2.59. The van der Waals surface area contributed by atoms with Crippen LogP contribution in [0.5, 0.6) is 5.75 Å². The monoisotopic (exact) mass is 321 g/mol. The van der Waals surface area contributed by atoms with E-state index in [0.717, 1.165) is 0 Å². The number of halogens is 2. The molecule has 6 nitrogen and oxygen atoms in total. The average molecular weight is 323 g/mol.